The van der Waals surface area contributed by atoms with Crippen LogP contribution in [0.1, 0.15) is 22.3 Å². The third kappa shape index (κ3) is 3.46. The van der Waals surface area contributed by atoms with E-state index in [1.165, 1.54) is 5.56 Å². The van der Waals surface area contributed by atoms with Gasteiger partial charge >= 0.3 is 0 Å². The van der Waals surface area contributed by atoms with E-state index in [2.05, 4.69) is 16.3 Å². The third-order valence-corrected chi connectivity index (χ3v) is 4.90. The average molecular weight is 353 g/mol. The molecule has 0 aliphatic carbocycles. The number of amides is 1. The van der Waals surface area contributed by atoms with Crippen molar-refractivity contribution in [3.63, 3.8) is 0 Å². The van der Waals surface area contributed by atoms with Crippen molar-refractivity contribution in [3.8, 4) is 11.5 Å². The predicted molar refractivity (Wildman–Crippen MR) is 99.8 cm³/mol. The molecule has 1 saturated heterocycles. The Hall–Kier alpha value is -2.73. The van der Waals surface area contributed by atoms with Gasteiger partial charge in [0, 0.05) is 31.4 Å². The lowest BCUT2D eigenvalue weighted by Gasteiger charge is -2.21. The van der Waals surface area contributed by atoms with Gasteiger partial charge in [-0.2, -0.15) is 0 Å². The van der Waals surface area contributed by atoms with E-state index in [0.29, 0.717) is 24.8 Å². The number of carbonyl (C=O) groups is 1. The van der Waals surface area contributed by atoms with Crippen LogP contribution in [0, 0.1) is 0 Å². The molecule has 4 rings (SSSR count). The number of benzene rings is 2. The van der Waals surface area contributed by atoms with Crippen molar-refractivity contribution in [1.82, 2.24) is 5.32 Å². The molecule has 1 fully saturated rings. The molecule has 26 heavy (non-hydrogen) atoms. The molecule has 1 atom stereocenters. The molecule has 3 N–H and O–H groups in total. The van der Waals surface area contributed by atoms with Crippen LogP contribution < -0.4 is 25.4 Å². The van der Waals surface area contributed by atoms with Gasteiger partial charge in [-0.05, 0) is 36.2 Å². The summed E-state index contributed by atoms with van der Waals surface area (Å²) in [5.41, 5.74) is 8.18. The first-order valence-electron chi connectivity index (χ1n) is 8.96. The number of rotatable bonds is 5. The highest BCUT2D eigenvalue weighted by molar-refractivity contribution is 5.98. The van der Waals surface area contributed by atoms with Crippen LogP contribution in [0.15, 0.2) is 42.5 Å². The lowest BCUT2D eigenvalue weighted by molar-refractivity contribution is 0.100. The first kappa shape index (κ1) is 16.7. The molecule has 2 aromatic carbocycles. The van der Waals surface area contributed by atoms with E-state index in [-0.39, 0.29) is 5.91 Å². The van der Waals surface area contributed by atoms with Gasteiger partial charge < -0.3 is 25.4 Å². The number of ether oxygens (including phenoxy) is 2. The molecule has 6 heteroatoms. The quantitative estimate of drug-likeness (QED) is 0.859. The summed E-state index contributed by atoms with van der Waals surface area (Å²) in [5, 5.41) is 3.60. The van der Waals surface area contributed by atoms with Crippen molar-refractivity contribution in [2.24, 2.45) is 5.73 Å². The molecule has 2 aromatic rings. The first-order chi connectivity index (χ1) is 12.7. The summed E-state index contributed by atoms with van der Waals surface area (Å²) in [6.45, 7) is 3.74. The normalized spacial score (nSPS) is 18.8. The molecular weight excluding hydrogens is 330 g/mol. The van der Waals surface area contributed by atoms with Gasteiger partial charge in [0.05, 0.1) is 5.56 Å². The summed E-state index contributed by atoms with van der Waals surface area (Å²) in [5.74, 6) is 1.25. The molecule has 0 bridgehead atoms. The second kappa shape index (κ2) is 7.25. The van der Waals surface area contributed by atoms with E-state index in [1.807, 2.05) is 30.3 Å². The fraction of sp³-hybridized carbons (Fsp3) is 0.350. The fourth-order valence-electron chi connectivity index (χ4n) is 3.56. The molecule has 6 nitrogen and oxygen atoms in total. The summed E-state index contributed by atoms with van der Waals surface area (Å²) in [4.78, 5) is 13.9. The monoisotopic (exact) mass is 353 g/mol. The second-order valence-corrected chi connectivity index (χ2v) is 6.67. The number of hydrogen-bond acceptors (Lipinski definition) is 5. The SMILES string of the molecule is NC(=O)c1ccccc1N1CCC(NCc2ccc3c(c2)OCCO3)C1. The van der Waals surface area contributed by atoms with Crippen LogP contribution in [0.25, 0.3) is 0 Å². The Balaban J connectivity index is 1.37. The number of anilines is 1. The minimum absolute atomic E-state index is 0.365. The summed E-state index contributed by atoms with van der Waals surface area (Å²) in [6, 6.07) is 14.0. The van der Waals surface area contributed by atoms with E-state index in [0.717, 1.165) is 43.2 Å². The van der Waals surface area contributed by atoms with Gasteiger partial charge in [0.25, 0.3) is 5.91 Å². The van der Waals surface area contributed by atoms with Gasteiger partial charge in [0.1, 0.15) is 13.2 Å². The number of fused-ring (bicyclic) bond motifs is 1. The summed E-state index contributed by atoms with van der Waals surface area (Å²) >= 11 is 0. The van der Waals surface area contributed by atoms with E-state index in [1.54, 1.807) is 6.07 Å². The minimum atomic E-state index is -0.381. The highest BCUT2D eigenvalue weighted by Crippen LogP contribution is 2.31. The Kier molecular flexibility index (Phi) is 4.67. The predicted octanol–water partition coefficient (Wildman–Crippen LogP) is 1.93. The van der Waals surface area contributed by atoms with Crippen LogP contribution in [-0.2, 0) is 6.54 Å². The maximum Gasteiger partial charge on any atom is 0.250 e. The van der Waals surface area contributed by atoms with Gasteiger partial charge in [-0.1, -0.05) is 18.2 Å². The van der Waals surface area contributed by atoms with Crippen LogP contribution in [0.5, 0.6) is 11.5 Å². The fourth-order valence-corrected chi connectivity index (χ4v) is 3.56. The molecule has 2 aliphatic rings. The first-order valence-corrected chi connectivity index (χ1v) is 8.96. The lowest BCUT2D eigenvalue weighted by atomic mass is 10.1. The molecule has 0 aromatic heterocycles. The Morgan fingerprint density at radius 3 is 2.81 bits per heavy atom. The Labute approximate surface area is 152 Å². The number of primary amides is 1. The van der Waals surface area contributed by atoms with E-state index >= 15 is 0 Å². The maximum atomic E-state index is 11.6. The van der Waals surface area contributed by atoms with Gasteiger partial charge in [-0.25, -0.2) is 0 Å². The van der Waals surface area contributed by atoms with Crippen LogP contribution >= 0.6 is 0 Å². The second-order valence-electron chi connectivity index (χ2n) is 6.67. The topological polar surface area (TPSA) is 76.8 Å². The molecule has 2 aliphatic heterocycles. The third-order valence-electron chi connectivity index (χ3n) is 4.90. The van der Waals surface area contributed by atoms with Crippen molar-refractivity contribution >= 4 is 11.6 Å². The van der Waals surface area contributed by atoms with E-state index in [9.17, 15) is 4.79 Å². The van der Waals surface area contributed by atoms with Crippen molar-refractivity contribution in [1.29, 1.82) is 0 Å². The van der Waals surface area contributed by atoms with E-state index in [4.69, 9.17) is 15.2 Å². The van der Waals surface area contributed by atoms with E-state index < -0.39 is 0 Å². The van der Waals surface area contributed by atoms with Crippen molar-refractivity contribution in [2.45, 2.75) is 19.0 Å². The van der Waals surface area contributed by atoms with Gasteiger partial charge in [0.2, 0.25) is 0 Å². The van der Waals surface area contributed by atoms with Crippen LogP contribution in [0.2, 0.25) is 0 Å². The number of nitrogens with one attached hydrogen (secondary N) is 1. The van der Waals surface area contributed by atoms with Crippen molar-refractivity contribution < 1.29 is 14.3 Å². The summed E-state index contributed by atoms with van der Waals surface area (Å²) in [7, 11) is 0. The van der Waals surface area contributed by atoms with Crippen molar-refractivity contribution in [3.05, 3.63) is 53.6 Å². The standard InChI is InChI=1S/C20H23N3O3/c21-20(24)16-3-1-2-4-17(16)23-8-7-15(13-23)22-12-14-5-6-18-19(11-14)26-10-9-25-18/h1-6,11,15,22H,7-10,12-13H2,(H2,21,24). The number of para-hydroxylation sites is 1. The smallest absolute Gasteiger partial charge is 0.250 e. The lowest BCUT2D eigenvalue weighted by Crippen LogP contribution is -2.32. The minimum Gasteiger partial charge on any atom is -0.486 e. The summed E-state index contributed by atoms with van der Waals surface area (Å²) < 4.78 is 11.2. The average Bonchev–Trinajstić information content (AvgIpc) is 3.15. The summed E-state index contributed by atoms with van der Waals surface area (Å²) in [6.07, 6.45) is 1.03. The molecule has 0 spiro atoms. The zero-order chi connectivity index (χ0) is 17.9. The molecule has 1 unspecified atom stereocenters. The van der Waals surface area contributed by atoms with Gasteiger partial charge in [0.15, 0.2) is 11.5 Å². The zero-order valence-electron chi connectivity index (χ0n) is 14.6. The highest BCUT2D eigenvalue weighted by atomic mass is 16.6. The number of hydrogen-bond donors (Lipinski definition) is 2. The maximum absolute atomic E-state index is 11.6. The van der Waals surface area contributed by atoms with Crippen LogP contribution in [-0.4, -0.2) is 38.3 Å². The van der Waals surface area contributed by atoms with Gasteiger partial charge in [-0.15, -0.1) is 0 Å². The molecule has 1 amide bonds. The largest absolute Gasteiger partial charge is 0.486 e. The van der Waals surface area contributed by atoms with Crippen LogP contribution in [0.4, 0.5) is 5.69 Å². The Morgan fingerprint density at radius 2 is 1.96 bits per heavy atom. The number of carbonyl (C=O) groups excluding carboxylic acids is 1. The number of nitrogens with zero attached hydrogens (tertiary/aromatic N) is 1. The molecule has 136 valence electrons. The Bertz CT molecular complexity index is 809. The van der Waals surface area contributed by atoms with Gasteiger partial charge in [-0.3, -0.25) is 4.79 Å². The molecule has 0 saturated carbocycles. The molecule has 2 heterocycles. The number of nitrogens with two attached hydrogens (primary N) is 1. The molecule has 0 radical (unpaired) electrons. The Morgan fingerprint density at radius 1 is 1.15 bits per heavy atom. The van der Waals surface area contributed by atoms with Crippen LogP contribution in [0.3, 0.4) is 0 Å². The highest BCUT2D eigenvalue weighted by Gasteiger charge is 2.25. The van der Waals surface area contributed by atoms with Crippen molar-refractivity contribution in [2.75, 3.05) is 31.2 Å². The molecular formula is C20H23N3O3. The zero-order valence-corrected chi connectivity index (χ0v) is 14.6.